The first kappa shape index (κ1) is 63.6. The van der Waals surface area contributed by atoms with Crippen molar-refractivity contribution in [3.63, 3.8) is 0 Å². The molecule has 0 saturated carbocycles. The SMILES string of the molecule is CCCCC/C=C/C=C/C=C/C=C/CCCCCC(CC(=O)NC(CO)C(O)CCCCCCCCCCCCCCCCC)OC(=O)CCCCCCC/C=C/CCCCCCCCC. The van der Waals surface area contributed by atoms with Gasteiger partial charge in [-0.3, -0.25) is 9.59 Å². The first-order valence-corrected chi connectivity index (χ1v) is 28.6. The van der Waals surface area contributed by atoms with Crippen LogP contribution in [0.2, 0.25) is 0 Å². The Bertz CT molecular complexity index is 1170. The molecule has 6 nitrogen and oxygen atoms in total. The number of nitrogens with one attached hydrogen (secondary N) is 1. The molecule has 6 heteroatoms. The summed E-state index contributed by atoms with van der Waals surface area (Å²) in [6, 6.07) is -0.718. The summed E-state index contributed by atoms with van der Waals surface area (Å²) in [5.41, 5.74) is 0. The van der Waals surface area contributed by atoms with E-state index in [2.05, 4.69) is 86.8 Å². The van der Waals surface area contributed by atoms with Crippen molar-refractivity contribution in [2.24, 2.45) is 0 Å². The van der Waals surface area contributed by atoms with E-state index in [1.807, 2.05) is 0 Å². The predicted octanol–water partition coefficient (Wildman–Crippen LogP) is 17.6. The van der Waals surface area contributed by atoms with Crippen molar-refractivity contribution >= 4 is 11.9 Å². The molecule has 0 aromatic rings. The number of hydrogen-bond acceptors (Lipinski definition) is 5. The minimum Gasteiger partial charge on any atom is -0.462 e. The Morgan fingerprint density at radius 2 is 0.788 bits per heavy atom. The van der Waals surface area contributed by atoms with Gasteiger partial charge in [0.2, 0.25) is 5.91 Å². The molecule has 0 aromatic carbocycles. The van der Waals surface area contributed by atoms with Crippen molar-refractivity contribution in [1.29, 1.82) is 0 Å². The topological polar surface area (TPSA) is 95.9 Å². The maximum Gasteiger partial charge on any atom is 0.306 e. The number of aliphatic hydroxyl groups is 2. The largest absolute Gasteiger partial charge is 0.462 e. The summed E-state index contributed by atoms with van der Waals surface area (Å²) in [5.74, 6) is -0.515. The van der Waals surface area contributed by atoms with Gasteiger partial charge in [-0.25, -0.2) is 0 Å². The molecule has 0 radical (unpaired) electrons. The second-order valence-electron chi connectivity index (χ2n) is 19.4. The van der Waals surface area contributed by atoms with E-state index >= 15 is 0 Å². The fourth-order valence-corrected chi connectivity index (χ4v) is 8.56. The van der Waals surface area contributed by atoms with Crippen molar-refractivity contribution in [2.75, 3.05) is 6.61 Å². The fraction of sp³-hybridized carbons (Fsp3) is 0.800. The van der Waals surface area contributed by atoms with Gasteiger partial charge in [-0.05, 0) is 77.0 Å². The quantitative estimate of drug-likeness (QED) is 0.0244. The van der Waals surface area contributed by atoms with Crippen molar-refractivity contribution < 1.29 is 24.5 Å². The number of esters is 1. The van der Waals surface area contributed by atoms with E-state index in [4.69, 9.17) is 4.74 Å². The zero-order valence-electron chi connectivity index (χ0n) is 43.8. The van der Waals surface area contributed by atoms with Crippen LogP contribution >= 0.6 is 0 Å². The lowest BCUT2D eigenvalue weighted by Crippen LogP contribution is -2.46. The van der Waals surface area contributed by atoms with Crippen LogP contribution in [0.4, 0.5) is 0 Å². The zero-order chi connectivity index (χ0) is 48.1. The van der Waals surface area contributed by atoms with Gasteiger partial charge >= 0.3 is 5.97 Å². The highest BCUT2D eigenvalue weighted by Crippen LogP contribution is 2.18. The van der Waals surface area contributed by atoms with Crippen LogP contribution < -0.4 is 5.32 Å². The molecule has 0 heterocycles. The number of rotatable bonds is 51. The summed E-state index contributed by atoms with van der Waals surface area (Å²) in [5, 5.41) is 23.9. The van der Waals surface area contributed by atoms with Crippen LogP contribution in [-0.4, -0.2) is 46.9 Å². The molecule has 384 valence electrons. The average molecular weight is 925 g/mol. The Kier molecular flexibility index (Phi) is 51.5. The number of carbonyl (C=O) groups is 2. The summed E-state index contributed by atoms with van der Waals surface area (Å²) in [7, 11) is 0. The first-order chi connectivity index (χ1) is 32.5. The van der Waals surface area contributed by atoms with Crippen LogP contribution in [0.3, 0.4) is 0 Å². The second-order valence-corrected chi connectivity index (χ2v) is 19.4. The van der Waals surface area contributed by atoms with Crippen molar-refractivity contribution in [1.82, 2.24) is 5.32 Å². The third-order valence-corrected chi connectivity index (χ3v) is 12.9. The number of amides is 1. The highest BCUT2D eigenvalue weighted by Gasteiger charge is 2.24. The number of ether oxygens (including phenoxy) is 1. The van der Waals surface area contributed by atoms with Gasteiger partial charge in [-0.1, -0.05) is 255 Å². The van der Waals surface area contributed by atoms with E-state index in [1.54, 1.807) is 0 Å². The van der Waals surface area contributed by atoms with Gasteiger partial charge in [0.1, 0.15) is 6.10 Å². The Labute approximate surface area is 409 Å². The van der Waals surface area contributed by atoms with Crippen LogP contribution in [0.25, 0.3) is 0 Å². The van der Waals surface area contributed by atoms with E-state index in [1.165, 1.54) is 161 Å². The fourth-order valence-electron chi connectivity index (χ4n) is 8.56. The number of carbonyl (C=O) groups excluding carboxylic acids is 2. The molecule has 0 aliphatic rings. The second kappa shape index (κ2) is 53.5. The third-order valence-electron chi connectivity index (χ3n) is 12.9. The van der Waals surface area contributed by atoms with E-state index in [0.29, 0.717) is 19.3 Å². The Morgan fingerprint density at radius 3 is 1.26 bits per heavy atom. The van der Waals surface area contributed by atoms with E-state index in [-0.39, 0.29) is 24.9 Å². The Balaban J connectivity index is 4.65. The molecule has 0 fully saturated rings. The van der Waals surface area contributed by atoms with Crippen LogP contribution in [0, 0.1) is 0 Å². The summed E-state index contributed by atoms with van der Waals surface area (Å²) in [6.07, 6.45) is 67.1. The summed E-state index contributed by atoms with van der Waals surface area (Å²) >= 11 is 0. The van der Waals surface area contributed by atoms with Crippen LogP contribution in [0.15, 0.2) is 60.8 Å². The highest BCUT2D eigenvalue weighted by molar-refractivity contribution is 5.77. The number of aliphatic hydroxyl groups excluding tert-OH is 2. The molecule has 3 unspecified atom stereocenters. The van der Waals surface area contributed by atoms with Gasteiger partial charge in [0.25, 0.3) is 0 Å². The monoisotopic (exact) mass is 924 g/mol. The van der Waals surface area contributed by atoms with Gasteiger partial charge in [-0.2, -0.15) is 0 Å². The molecule has 0 saturated heterocycles. The van der Waals surface area contributed by atoms with Crippen LogP contribution in [0.1, 0.15) is 284 Å². The molecule has 3 N–H and O–H groups in total. The number of hydrogen-bond donors (Lipinski definition) is 3. The van der Waals surface area contributed by atoms with Gasteiger partial charge in [0, 0.05) is 6.42 Å². The Morgan fingerprint density at radius 1 is 0.439 bits per heavy atom. The third kappa shape index (κ3) is 48.0. The lowest BCUT2D eigenvalue weighted by molar-refractivity contribution is -0.151. The molecule has 0 bridgehead atoms. The van der Waals surface area contributed by atoms with Crippen LogP contribution in [0.5, 0.6) is 0 Å². The van der Waals surface area contributed by atoms with Crippen molar-refractivity contribution in [3.8, 4) is 0 Å². The predicted molar refractivity (Wildman–Crippen MR) is 287 cm³/mol. The molecule has 1 amide bonds. The molecule has 66 heavy (non-hydrogen) atoms. The smallest absolute Gasteiger partial charge is 0.306 e. The summed E-state index contributed by atoms with van der Waals surface area (Å²) in [4.78, 5) is 26.3. The number of allylic oxidation sites excluding steroid dienone is 10. The lowest BCUT2D eigenvalue weighted by Gasteiger charge is -2.24. The van der Waals surface area contributed by atoms with Gasteiger partial charge < -0.3 is 20.3 Å². The highest BCUT2D eigenvalue weighted by atomic mass is 16.5. The van der Waals surface area contributed by atoms with Crippen molar-refractivity contribution in [3.05, 3.63) is 60.8 Å². The average Bonchev–Trinajstić information content (AvgIpc) is 3.31. The maximum absolute atomic E-state index is 13.3. The first-order valence-electron chi connectivity index (χ1n) is 28.6. The molecule has 3 atom stereocenters. The molecular formula is C60H109NO5. The zero-order valence-corrected chi connectivity index (χ0v) is 43.8. The molecule has 0 aliphatic heterocycles. The van der Waals surface area contributed by atoms with Gasteiger partial charge in [-0.15, -0.1) is 0 Å². The summed E-state index contributed by atoms with van der Waals surface area (Å²) in [6.45, 7) is 6.45. The molecule has 0 aromatic heterocycles. The van der Waals surface area contributed by atoms with Crippen LogP contribution in [-0.2, 0) is 14.3 Å². The van der Waals surface area contributed by atoms with Crippen molar-refractivity contribution in [2.45, 2.75) is 302 Å². The minimum absolute atomic E-state index is 0.0482. The molecule has 0 rings (SSSR count). The van der Waals surface area contributed by atoms with Gasteiger partial charge in [0.15, 0.2) is 0 Å². The standard InChI is InChI=1S/C60H109NO5/c1-4-7-10-13-16-19-22-25-28-31-33-36-39-42-45-48-51-56(66-60(65)53-50-47-44-41-38-35-32-29-26-23-20-17-14-11-8-5-2)54-59(64)61-57(55-62)58(63)52-49-46-43-40-37-34-30-27-24-21-18-15-12-9-6-3/h16,19,22,25,28-29,31-33,36,56-58,62-63H,4-15,17-18,20-21,23-24,26-27,30,34-35,37-55H2,1-3H3,(H,61,64)/b19-16+,25-22+,31-28+,32-29+,36-33+. The summed E-state index contributed by atoms with van der Waals surface area (Å²) < 4.78 is 5.94. The Hall–Kier alpha value is -2.44. The molecule has 0 aliphatic carbocycles. The minimum atomic E-state index is -0.802. The van der Waals surface area contributed by atoms with E-state index in [0.717, 1.165) is 77.0 Å². The molecule has 0 spiro atoms. The lowest BCUT2D eigenvalue weighted by atomic mass is 10.0. The normalized spacial score (nSPS) is 13.6. The van der Waals surface area contributed by atoms with E-state index < -0.39 is 18.2 Å². The maximum atomic E-state index is 13.3. The van der Waals surface area contributed by atoms with E-state index in [9.17, 15) is 19.8 Å². The number of unbranched alkanes of at least 4 members (excludes halogenated alkanes) is 32. The van der Waals surface area contributed by atoms with Gasteiger partial charge in [0.05, 0.1) is 25.2 Å². The molecular weight excluding hydrogens is 815 g/mol.